The molecule has 1 atom stereocenters. The lowest BCUT2D eigenvalue weighted by molar-refractivity contribution is -0.128. The molecule has 5 nitrogen and oxygen atoms in total. The summed E-state index contributed by atoms with van der Waals surface area (Å²) in [6.07, 6.45) is 4.24. The van der Waals surface area contributed by atoms with E-state index in [2.05, 4.69) is 15.2 Å². The van der Waals surface area contributed by atoms with Crippen molar-refractivity contribution in [3.63, 3.8) is 0 Å². The molecule has 3 N–H and O–H groups in total. The number of thiazole rings is 1. The largest absolute Gasteiger partial charge is 0.375 e. The Morgan fingerprint density at radius 1 is 1.57 bits per heavy atom. The highest BCUT2D eigenvalue weighted by Gasteiger charge is 2.24. The molecule has 1 aromatic heterocycles. The fourth-order valence-corrected chi connectivity index (χ4v) is 3.31. The SMILES string of the molecule is CC(C)(C)C(=O)NCC1CCCN(Cc2cnc(N)s2)C1. The number of nitrogens with zero attached hydrogens (tertiary/aromatic N) is 2. The number of carbonyl (C=O) groups excluding carboxylic acids is 1. The van der Waals surface area contributed by atoms with Crippen molar-refractivity contribution in [2.24, 2.45) is 11.3 Å². The van der Waals surface area contributed by atoms with Gasteiger partial charge in [0.05, 0.1) is 0 Å². The molecule has 0 aliphatic carbocycles. The second kappa shape index (κ2) is 6.75. The van der Waals surface area contributed by atoms with Crippen LogP contribution < -0.4 is 11.1 Å². The number of anilines is 1. The van der Waals surface area contributed by atoms with Crippen LogP contribution in [0.4, 0.5) is 5.13 Å². The summed E-state index contributed by atoms with van der Waals surface area (Å²) in [6, 6.07) is 0. The van der Waals surface area contributed by atoms with Gasteiger partial charge in [0.25, 0.3) is 0 Å². The molecule has 1 unspecified atom stereocenters. The molecule has 2 heterocycles. The van der Waals surface area contributed by atoms with E-state index in [0.717, 1.165) is 26.2 Å². The summed E-state index contributed by atoms with van der Waals surface area (Å²) < 4.78 is 0. The first kappa shape index (κ1) is 16.2. The molecule has 0 aromatic carbocycles. The number of aromatic nitrogens is 1. The Morgan fingerprint density at radius 2 is 2.33 bits per heavy atom. The van der Waals surface area contributed by atoms with Gasteiger partial charge in [-0.05, 0) is 25.3 Å². The van der Waals surface area contributed by atoms with Crippen LogP contribution in [-0.4, -0.2) is 35.4 Å². The number of carbonyl (C=O) groups is 1. The molecule has 0 spiro atoms. The van der Waals surface area contributed by atoms with Gasteiger partial charge in [-0.3, -0.25) is 9.69 Å². The summed E-state index contributed by atoms with van der Waals surface area (Å²) in [7, 11) is 0. The van der Waals surface area contributed by atoms with Gasteiger partial charge in [0.2, 0.25) is 5.91 Å². The molecule has 21 heavy (non-hydrogen) atoms. The number of nitrogen functional groups attached to an aromatic ring is 1. The fraction of sp³-hybridized carbons (Fsp3) is 0.733. The van der Waals surface area contributed by atoms with Crippen LogP contribution in [-0.2, 0) is 11.3 Å². The number of nitrogens with one attached hydrogen (secondary N) is 1. The lowest BCUT2D eigenvalue weighted by atomic mass is 9.94. The Balaban J connectivity index is 1.79. The van der Waals surface area contributed by atoms with Crippen LogP contribution in [0.5, 0.6) is 0 Å². The van der Waals surface area contributed by atoms with Crippen molar-refractivity contribution in [2.75, 3.05) is 25.4 Å². The van der Waals surface area contributed by atoms with Crippen LogP contribution in [0, 0.1) is 11.3 Å². The van der Waals surface area contributed by atoms with Crippen molar-refractivity contribution in [3.8, 4) is 0 Å². The number of nitrogens with two attached hydrogens (primary N) is 1. The van der Waals surface area contributed by atoms with E-state index >= 15 is 0 Å². The molecule has 1 amide bonds. The van der Waals surface area contributed by atoms with Gasteiger partial charge < -0.3 is 11.1 Å². The quantitative estimate of drug-likeness (QED) is 0.893. The first-order chi connectivity index (χ1) is 9.84. The number of likely N-dealkylation sites (tertiary alicyclic amines) is 1. The molecular formula is C15H26N4OS. The van der Waals surface area contributed by atoms with Gasteiger partial charge in [0.15, 0.2) is 5.13 Å². The van der Waals surface area contributed by atoms with E-state index in [1.807, 2.05) is 27.0 Å². The van der Waals surface area contributed by atoms with Crippen molar-refractivity contribution >= 4 is 22.4 Å². The highest BCUT2D eigenvalue weighted by atomic mass is 32.1. The van der Waals surface area contributed by atoms with E-state index in [1.54, 1.807) is 11.3 Å². The van der Waals surface area contributed by atoms with Crippen LogP contribution in [0.1, 0.15) is 38.5 Å². The molecule has 1 aromatic rings. The predicted molar refractivity (Wildman–Crippen MR) is 87.0 cm³/mol. The van der Waals surface area contributed by atoms with Crippen molar-refractivity contribution < 1.29 is 4.79 Å². The molecule has 6 heteroatoms. The Hall–Kier alpha value is -1.14. The number of amides is 1. The Morgan fingerprint density at radius 3 is 2.95 bits per heavy atom. The average Bonchev–Trinajstić information content (AvgIpc) is 2.80. The second-order valence-electron chi connectivity index (χ2n) is 6.87. The lowest BCUT2D eigenvalue weighted by Crippen LogP contribution is -2.43. The summed E-state index contributed by atoms with van der Waals surface area (Å²) in [5.74, 6) is 0.671. The first-order valence-electron chi connectivity index (χ1n) is 7.55. The van der Waals surface area contributed by atoms with Crippen molar-refractivity contribution in [1.82, 2.24) is 15.2 Å². The van der Waals surface area contributed by atoms with Gasteiger partial charge in [0, 0.05) is 36.1 Å². The molecule has 1 fully saturated rings. The Labute approximate surface area is 130 Å². The van der Waals surface area contributed by atoms with Gasteiger partial charge in [0.1, 0.15) is 0 Å². The molecule has 0 radical (unpaired) electrons. The summed E-state index contributed by atoms with van der Waals surface area (Å²) in [5.41, 5.74) is 5.36. The van der Waals surface area contributed by atoms with E-state index in [9.17, 15) is 4.79 Å². The topological polar surface area (TPSA) is 71.2 Å². The molecule has 2 rings (SSSR count). The van der Waals surface area contributed by atoms with E-state index in [4.69, 9.17) is 5.73 Å². The normalized spacial score (nSPS) is 20.4. The second-order valence-corrected chi connectivity index (χ2v) is 8.01. The first-order valence-corrected chi connectivity index (χ1v) is 8.37. The number of hydrogen-bond donors (Lipinski definition) is 2. The predicted octanol–water partition coefficient (Wildman–Crippen LogP) is 2.10. The number of rotatable bonds is 4. The highest BCUT2D eigenvalue weighted by molar-refractivity contribution is 7.15. The molecule has 1 aliphatic rings. The Kier molecular flexibility index (Phi) is 5.22. The Bertz CT molecular complexity index is 480. The van der Waals surface area contributed by atoms with Crippen LogP contribution in [0.25, 0.3) is 0 Å². The molecule has 1 aliphatic heterocycles. The zero-order valence-electron chi connectivity index (χ0n) is 13.2. The fourth-order valence-electron chi connectivity index (χ4n) is 2.58. The van der Waals surface area contributed by atoms with Crippen molar-refractivity contribution in [3.05, 3.63) is 11.1 Å². The molecule has 118 valence electrons. The summed E-state index contributed by atoms with van der Waals surface area (Å²) in [6.45, 7) is 9.68. The summed E-state index contributed by atoms with van der Waals surface area (Å²) in [4.78, 5) is 19.7. The van der Waals surface area contributed by atoms with E-state index < -0.39 is 0 Å². The van der Waals surface area contributed by atoms with Gasteiger partial charge in [-0.1, -0.05) is 20.8 Å². The van der Waals surface area contributed by atoms with Crippen LogP contribution in [0.3, 0.4) is 0 Å². The molecule has 1 saturated heterocycles. The minimum Gasteiger partial charge on any atom is -0.375 e. The maximum atomic E-state index is 11.9. The zero-order chi connectivity index (χ0) is 15.5. The van der Waals surface area contributed by atoms with Crippen molar-refractivity contribution in [1.29, 1.82) is 0 Å². The lowest BCUT2D eigenvalue weighted by Gasteiger charge is -2.33. The third-order valence-corrected chi connectivity index (χ3v) is 4.60. The minimum atomic E-state index is -0.311. The standard InChI is InChI=1S/C15H26N4OS/c1-15(2,3)13(20)17-7-11-5-4-6-19(9-11)10-12-8-18-14(16)21-12/h8,11H,4-7,9-10H2,1-3H3,(H2,16,18)(H,17,20). The smallest absolute Gasteiger partial charge is 0.225 e. The van der Waals surface area contributed by atoms with Crippen LogP contribution in [0.15, 0.2) is 6.20 Å². The number of hydrogen-bond acceptors (Lipinski definition) is 5. The minimum absolute atomic E-state index is 0.134. The van der Waals surface area contributed by atoms with Crippen molar-refractivity contribution in [2.45, 2.75) is 40.2 Å². The van der Waals surface area contributed by atoms with Crippen LogP contribution in [0.2, 0.25) is 0 Å². The van der Waals surface area contributed by atoms with Crippen LogP contribution >= 0.6 is 11.3 Å². The molecule has 0 bridgehead atoms. The van der Waals surface area contributed by atoms with E-state index in [0.29, 0.717) is 11.0 Å². The van der Waals surface area contributed by atoms with Gasteiger partial charge in [-0.15, -0.1) is 11.3 Å². The monoisotopic (exact) mass is 310 g/mol. The van der Waals surface area contributed by atoms with Gasteiger partial charge in [-0.2, -0.15) is 0 Å². The maximum absolute atomic E-state index is 11.9. The van der Waals surface area contributed by atoms with E-state index in [-0.39, 0.29) is 11.3 Å². The molecule has 0 saturated carbocycles. The highest BCUT2D eigenvalue weighted by Crippen LogP contribution is 2.22. The van der Waals surface area contributed by atoms with Gasteiger partial charge >= 0.3 is 0 Å². The third kappa shape index (κ3) is 4.97. The zero-order valence-corrected chi connectivity index (χ0v) is 14.0. The third-order valence-electron chi connectivity index (χ3n) is 3.79. The maximum Gasteiger partial charge on any atom is 0.225 e. The van der Waals surface area contributed by atoms with E-state index in [1.165, 1.54) is 17.7 Å². The number of piperidine rings is 1. The summed E-state index contributed by atoms with van der Waals surface area (Å²) in [5, 5.41) is 3.72. The van der Waals surface area contributed by atoms with Gasteiger partial charge in [-0.25, -0.2) is 4.98 Å². The molecular weight excluding hydrogens is 284 g/mol. The average molecular weight is 310 g/mol. The summed E-state index contributed by atoms with van der Waals surface area (Å²) >= 11 is 1.56.